The van der Waals surface area contributed by atoms with Gasteiger partial charge in [0.25, 0.3) is 0 Å². The zero-order chi connectivity index (χ0) is 7.98. The lowest BCUT2D eigenvalue weighted by Crippen LogP contribution is -2.19. The van der Waals surface area contributed by atoms with Gasteiger partial charge in [-0.1, -0.05) is 19.1 Å². The third-order valence-corrected chi connectivity index (χ3v) is 1.21. The van der Waals surface area contributed by atoms with Crippen LogP contribution < -0.4 is 5.73 Å². The van der Waals surface area contributed by atoms with Crippen LogP contribution in [0.3, 0.4) is 0 Å². The number of rotatable bonds is 4. The summed E-state index contributed by atoms with van der Waals surface area (Å²) in [5.41, 5.74) is 5.08. The van der Waals surface area contributed by atoms with E-state index in [9.17, 15) is 8.78 Å². The molecule has 60 valence electrons. The van der Waals surface area contributed by atoms with Crippen molar-refractivity contribution in [3.8, 4) is 0 Å². The number of alkyl halides is 2. The van der Waals surface area contributed by atoms with Gasteiger partial charge in [-0.05, 0) is 6.42 Å². The van der Waals surface area contributed by atoms with E-state index in [0.717, 1.165) is 6.42 Å². The second-order valence-corrected chi connectivity index (χ2v) is 2.07. The minimum atomic E-state index is -2.33. The van der Waals surface area contributed by atoms with Crippen molar-refractivity contribution in [3.63, 3.8) is 0 Å². The lowest BCUT2D eigenvalue weighted by Gasteiger charge is -2.06. The smallest absolute Gasteiger partial charge is 0.246 e. The Balaban J connectivity index is 3.71. The summed E-state index contributed by atoms with van der Waals surface area (Å²) in [7, 11) is 0. The maximum Gasteiger partial charge on any atom is 0.246 e. The molecule has 0 saturated carbocycles. The Morgan fingerprint density at radius 2 is 2.10 bits per heavy atom. The monoisotopic (exact) mass is 149 g/mol. The van der Waals surface area contributed by atoms with Crippen molar-refractivity contribution in [1.82, 2.24) is 0 Å². The van der Waals surface area contributed by atoms with Crippen LogP contribution in [0.25, 0.3) is 0 Å². The molecule has 2 N–H and O–H groups in total. The van der Waals surface area contributed by atoms with Crippen LogP contribution >= 0.6 is 0 Å². The van der Waals surface area contributed by atoms with E-state index in [1.807, 2.05) is 6.92 Å². The van der Waals surface area contributed by atoms with Gasteiger partial charge in [-0.25, -0.2) is 8.78 Å². The van der Waals surface area contributed by atoms with E-state index in [-0.39, 0.29) is 6.54 Å². The first-order valence-electron chi connectivity index (χ1n) is 3.37. The van der Waals surface area contributed by atoms with Crippen LogP contribution in [-0.4, -0.2) is 13.0 Å². The van der Waals surface area contributed by atoms with Crippen molar-refractivity contribution >= 4 is 0 Å². The van der Waals surface area contributed by atoms with Gasteiger partial charge < -0.3 is 5.73 Å². The Labute approximate surface area is 59.9 Å². The standard InChI is InChI=1S/C7H13F2N/c1-2-3-4-6(5-10)7(8)9/h3-4,6-7H,2,5,10H2,1H3/b4-3+. The number of hydrogen-bond donors (Lipinski definition) is 1. The van der Waals surface area contributed by atoms with Crippen LogP contribution in [0.5, 0.6) is 0 Å². The molecule has 0 fully saturated rings. The van der Waals surface area contributed by atoms with E-state index in [0.29, 0.717) is 0 Å². The molecule has 0 bridgehead atoms. The fourth-order valence-corrected chi connectivity index (χ4v) is 0.576. The Hall–Kier alpha value is -0.440. The molecule has 0 aromatic heterocycles. The van der Waals surface area contributed by atoms with Gasteiger partial charge in [0, 0.05) is 6.54 Å². The highest BCUT2D eigenvalue weighted by Gasteiger charge is 2.13. The van der Waals surface area contributed by atoms with Crippen LogP contribution in [0.15, 0.2) is 12.2 Å². The van der Waals surface area contributed by atoms with Crippen molar-refractivity contribution in [2.45, 2.75) is 19.8 Å². The Morgan fingerprint density at radius 1 is 1.50 bits per heavy atom. The van der Waals surface area contributed by atoms with Gasteiger partial charge in [-0.2, -0.15) is 0 Å². The Morgan fingerprint density at radius 3 is 2.40 bits per heavy atom. The van der Waals surface area contributed by atoms with Crippen LogP contribution in [0.4, 0.5) is 8.78 Å². The molecule has 0 aliphatic rings. The number of nitrogens with two attached hydrogens (primary N) is 1. The minimum absolute atomic E-state index is 0.0220. The quantitative estimate of drug-likeness (QED) is 0.606. The van der Waals surface area contributed by atoms with Crippen molar-refractivity contribution in [2.24, 2.45) is 11.7 Å². The molecule has 3 heteroatoms. The van der Waals surface area contributed by atoms with Crippen molar-refractivity contribution in [3.05, 3.63) is 12.2 Å². The number of hydrogen-bond acceptors (Lipinski definition) is 1. The topological polar surface area (TPSA) is 26.0 Å². The summed E-state index contributed by atoms with van der Waals surface area (Å²) < 4.78 is 23.8. The predicted octanol–water partition coefficient (Wildman–Crippen LogP) is 1.79. The van der Waals surface area contributed by atoms with Gasteiger partial charge in [0.05, 0.1) is 5.92 Å². The third kappa shape index (κ3) is 3.56. The van der Waals surface area contributed by atoms with Gasteiger partial charge >= 0.3 is 0 Å². The highest BCUT2D eigenvalue weighted by Crippen LogP contribution is 2.09. The molecule has 1 atom stereocenters. The molecule has 0 aromatic carbocycles. The van der Waals surface area contributed by atoms with Crippen LogP contribution in [0.2, 0.25) is 0 Å². The third-order valence-electron chi connectivity index (χ3n) is 1.21. The molecule has 1 nitrogen and oxygen atoms in total. The summed E-state index contributed by atoms with van der Waals surface area (Å²) in [5.74, 6) is -0.764. The first-order valence-corrected chi connectivity index (χ1v) is 3.37. The minimum Gasteiger partial charge on any atom is -0.330 e. The van der Waals surface area contributed by atoms with Gasteiger partial charge in [0.1, 0.15) is 0 Å². The molecule has 0 heterocycles. The average Bonchev–Trinajstić information content (AvgIpc) is 1.89. The highest BCUT2D eigenvalue weighted by molar-refractivity contribution is 4.89. The maximum atomic E-state index is 11.9. The molecule has 0 amide bonds. The summed E-state index contributed by atoms with van der Waals surface area (Å²) >= 11 is 0. The van der Waals surface area contributed by atoms with Gasteiger partial charge in [-0.3, -0.25) is 0 Å². The molecule has 0 spiro atoms. The molecule has 0 rings (SSSR count). The largest absolute Gasteiger partial charge is 0.330 e. The van der Waals surface area contributed by atoms with Gasteiger partial charge in [-0.15, -0.1) is 0 Å². The molecular formula is C7H13F2N. The molecule has 0 aliphatic carbocycles. The predicted molar refractivity (Wildman–Crippen MR) is 38.0 cm³/mol. The molecular weight excluding hydrogens is 136 g/mol. The normalized spacial score (nSPS) is 14.9. The van der Waals surface area contributed by atoms with Gasteiger partial charge in [0.15, 0.2) is 0 Å². The van der Waals surface area contributed by atoms with Crippen LogP contribution in [-0.2, 0) is 0 Å². The summed E-state index contributed by atoms with van der Waals surface area (Å²) in [6, 6.07) is 0. The van der Waals surface area contributed by atoms with Crippen molar-refractivity contribution in [2.75, 3.05) is 6.54 Å². The molecule has 0 saturated heterocycles. The average molecular weight is 149 g/mol. The van der Waals surface area contributed by atoms with Crippen LogP contribution in [0, 0.1) is 5.92 Å². The first-order chi connectivity index (χ1) is 4.72. The highest BCUT2D eigenvalue weighted by atomic mass is 19.3. The Kier molecular flexibility index (Phi) is 5.12. The van der Waals surface area contributed by atoms with E-state index in [1.54, 1.807) is 6.08 Å². The summed E-state index contributed by atoms with van der Waals surface area (Å²) in [5, 5.41) is 0. The lowest BCUT2D eigenvalue weighted by molar-refractivity contribution is 0.104. The van der Waals surface area contributed by atoms with Crippen molar-refractivity contribution < 1.29 is 8.78 Å². The fraction of sp³-hybridized carbons (Fsp3) is 0.714. The van der Waals surface area contributed by atoms with E-state index < -0.39 is 12.3 Å². The van der Waals surface area contributed by atoms with E-state index >= 15 is 0 Å². The summed E-state index contributed by atoms with van der Waals surface area (Å²) in [6.45, 7) is 1.92. The van der Waals surface area contributed by atoms with Crippen molar-refractivity contribution in [1.29, 1.82) is 0 Å². The van der Waals surface area contributed by atoms with E-state index in [2.05, 4.69) is 0 Å². The molecule has 1 unspecified atom stereocenters. The SMILES string of the molecule is CC/C=C/C(CN)C(F)F. The first kappa shape index (κ1) is 9.56. The summed E-state index contributed by atoms with van der Waals surface area (Å²) in [4.78, 5) is 0. The van der Waals surface area contributed by atoms with Gasteiger partial charge in [0.2, 0.25) is 6.43 Å². The second-order valence-electron chi connectivity index (χ2n) is 2.07. The molecule has 0 aromatic rings. The number of halogens is 2. The zero-order valence-corrected chi connectivity index (χ0v) is 6.06. The molecule has 0 radical (unpaired) electrons. The molecule has 0 aliphatic heterocycles. The Bertz CT molecular complexity index is 102. The second kappa shape index (κ2) is 5.35. The lowest BCUT2D eigenvalue weighted by atomic mass is 10.1. The zero-order valence-electron chi connectivity index (χ0n) is 6.06. The van der Waals surface area contributed by atoms with Crippen LogP contribution in [0.1, 0.15) is 13.3 Å². The van der Waals surface area contributed by atoms with E-state index in [4.69, 9.17) is 5.73 Å². The molecule has 10 heavy (non-hydrogen) atoms. The summed E-state index contributed by atoms with van der Waals surface area (Å²) in [6.07, 6.45) is 1.64. The van der Waals surface area contributed by atoms with E-state index in [1.165, 1.54) is 6.08 Å². The fourth-order valence-electron chi connectivity index (χ4n) is 0.576. The maximum absolute atomic E-state index is 11.9. The number of allylic oxidation sites excluding steroid dienone is 1.